The van der Waals surface area contributed by atoms with Gasteiger partial charge >= 0.3 is 30.0 Å². The molecule has 0 bridgehead atoms. The number of aliphatic hydroxyl groups is 1. The summed E-state index contributed by atoms with van der Waals surface area (Å²) >= 11 is 0. The number of aliphatic hydroxyl groups excluding tert-OH is 1. The summed E-state index contributed by atoms with van der Waals surface area (Å²) in [7, 11) is 3.80. The van der Waals surface area contributed by atoms with Gasteiger partial charge in [0.15, 0.2) is 18.9 Å². The van der Waals surface area contributed by atoms with E-state index in [1.54, 1.807) is 82.8 Å². The number of nitrogens with one attached hydrogen (secondary N) is 1. The number of imidazole rings is 2. The number of nitrogens with zero attached hydrogens (tertiary/aromatic N) is 7. The number of methoxy groups -OCH3 is 3. The minimum Gasteiger partial charge on any atom is -0.468 e. The first-order valence-electron chi connectivity index (χ1n) is 21.2. The van der Waals surface area contributed by atoms with Crippen molar-refractivity contribution in [3.8, 4) is 0 Å². The Kier molecular flexibility index (Phi) is 17.5. The van der Waals surface area contributed by atoms with E-state index in [-0.39, 0.29) is 49.9 Å². The number of amides is 1. The first-order valence-corrected chi connectivity index (χ1v) is 21.2. The van der Waals surface area contributed by atoms with Crippen LogP contribution in [-0.2, 0) is 42.9 Å². The number of carbonyl (C=O) groups is 5. The van der Waals surface area contributed by atoms with E-state index in [9.17, 15) is 32.8 Å². The summed E-state index contributed by atoms with van der Waals surface area (Å²) in [5.41, 5.74) is 1.95. The average molecular weight is 925 g/mol. The number of hydrogen-bond donors (Lipinski definition) is 2. The van der Waals surface area contributed by atoms with E-state index in [4.69, 9.17) is 28.8 Å². The number of benzene rings is 2. The molecule has 6 rings (SSSR count). The Morgan fingerprint density at radius 2 is 1.21 bits per heavy atom. The summed E-state index contributed by atoms with van der Waals surface area (Å²) in [5.74, 6) is -3.08. The second-order valence-corrected chi connectivity index (χ2v) is 16.5. The molecule has 4 heterocycles. The van der Waals surface area contributed by atoms with Crippen molar-refractivity contribution in [2.24, 2.45) is 0 Å². The molecule has 4 aromatic rings. The Hall–Kier alpha value is -6.29. The van der Waals surface area contributed by atoms with Gasteiger partial charge in [0.25, 0.3) is 0 Å². The van der Waals surface area contributed by atoms with E-state index >= 15 is 0 Å². The van der Waals surface area contributed by atoms with Crippen LogP contribution in [0.25, 0.3) is 0 Å². The predicted molar refractivity (Wildman–Crippen MR) is 231 cm³/mol. The molecular weight excluding hydrogens is 867 g/mol. The molecule has 0 radical (unpaired) electrons. The highest BCUT2D eigenvalue weighted by molar-refractivity contribution is 5.82. The monoisotopic (exact) mass is 924 g/mol. The van der Waals surface area contributed by atoms with Crippen molar-refractivity contribution in [3.05, 3.63) is 108 Å². The third kappa shape index (κ3) is 12.1. The van der Waals surface area contributed by atoms with Gasteiger partial charge in [-0.3, -0.25) is 19.4 Å². The lowest BCUT2D eigenvalue weighted by molar-refractivity contribution is -0.164. The van der Waals surface area contributed by atoms with Gasteiger partial charge in [0.2, 0.25) is 0 Å². The van der Waals surface area contributed by atoms with Gasteiger partial charge in [0.1, 0.15) is 29.3 Å². The molecule has 2 aliphatic rings. The molecular formula is C45H58F2N8O11. The highest BCUT2D eigenvalue weighted by Crippen LogP contribution is 2.33. The number of halogens is 2. The zero-order valence-electron chi connectivity index (χ0n) is 38.3. The number of carbonyl (C=O) groups excluding carboxylic acids is 5. The summed E-state index contributed by atoms with van der Waals surface area (Å²) in [6, 6.07) is 7.92. The molecule has 1 amide bonds. The Morgan fingerprint density at radius 1 is 0.727 bits per heavy atom. The van der Waals surface area contributed by atoms with Crippen LogP contribution in [0.5, 0.6) is 0 Å². The second kappa shape index (κ2) is 22.7. The first kappa shape index (κ1) is 50.7. The molecule has 21 heteroatoms. The Bertz CT molecular complexity index is 2270. The summed E-state index contributed by atoms with van der Waals surface area (Å²) in [6.07, 6.45) is 5.70. The summed E-state index contributed by atoms with van der Waals surface area (Å²) in [5, 5.41) is 12.1. The standard InChI is InChI=1S/C25H33FN4O6.C20H25FN4O5/c1-16(17-7-9-18(26)10-8-17)30-15-27-13-19(30)21(23(32)35-6)29-12-11-28(14-20(29)22(31)34-5)24(33)36-25(2,3)4;1-13(14-3-5-15(21)6-4-14)25-11-23-9-16(25)18(20(28)29-2)24-8-7-22-10-17(24)19(27)30-12-26/h7-10,13,15-16,20-21H,11-12,14H2,1-6H3;3-6,9,11,13,17-18,22,26H,7-8,10,12H2,1-2H3/t16-,20?,21?;13-,17?,18?/m11/s1. The second-order valence-electron chi connectivity index (χ2n) is 16.5. The molecule has 66 heavy (non-hydrogen) atoms. The van der Waals surface area contributed by atoms with Gasteiger partial charge in [-0.1, -0.05) is 24.3 Å². The van der Waals surface area contributed by atoms with Gasteiger partial charge in [-0.15, -0.1) is 0 Å². The number of piperazine rings is 2. The molecule has 0 aliphatic carbocycles. The van der Waals surface area contributed by atoms with Crippen molar-refractivity contribution in [2.45, 2.75) is 76.5 Å². The van der Waals surface area contributed by atoms with Crippen LogP contribution in [0.3, 0.4) is 0 Å². The molecule has 2 N–H and O–H groups in total. The number of ether oxygens (including phenoxy) is 5. The van der Waals surface area contributed by atoms with Crippen LogP contribution in [0.4, 0.5) is 13.6 Å². The zero-order valence-corrected chi connectivity index (χ0v) is 38.3. The molecule has 0 saturated carbocycles. The normalized spacial score (nSPS) is 18.7. The summed E-state index contributed by atoms with van der Waals surface area (Å²) < 4.78 is 55.8. The average Bonchev–Trinajstić information content (AvgIpc) is 4.00. The number of esters is 4. The molecule has 358 valence electrons. The van der Waals surface area contributed by atoms with Gasteiger partial charge in [0.05, 0.1) is 76.4 Å². The summed E-state index contributed by atoms with van der Waals surface area (Å²) in [6.45, 7) is 9.88. The van der Waals surface area contributed by atoms with Crippen molar-refractivity contribution in [1.82, 2.24) is 39.1 Å². The predicted octanol–water partition coefficient (Wildman–Crippen LogP) is 3.55. The van der Waals surface area contributed by atoms with Crippen molar-refractivity contribution >= 4 is 30.0 Å². The molecule has 6 atom stereocenters. The van der Waals surface area contributed by atoms with Crippen LogP contribution < -0.4 is 5.32 Å². The van der Waals surface area contributed by atoms with Gasteiger partial charge in [-0.05, 0) is 70.0 Å². The first-order chi connectivity index (χ1) is 31.4. The van der Waals surface area contributed by atoms with Crippen molar-refractivity contribution < 1.29 is 61.5 Å². The van der Waals surface area contributed by atoms with Gasteiger partial charge in [-0.25, -0.2) is 33.1 Å². The lowest BCUT2D eigenvalue weighted by Gasteiger charge is -2.42. The molecule has 0 spiro atoms. The van der Waals surface area contributed by atoms with Crippen molar-refractivity contribution in [2.75, 3.05) is 67.4 Å². The molecule has 2 saturated heterocycles. The molecule has 2 aromatic heterocycles. The molecule has 2 aliphatic heterocycles. The Labute approximate surface area is 381 Å². The van der Waals surface area contributed by atoms with Crippen LogP contribution in [0.15, 0.2) is 73.6 Å². The van der Waals surface area contributed by atoms with E-state index in [2.05, 4.69) is 15.3 Å². The fourth-order valence-electron chi connectivity index (χ4n) is 7.93. The van der Waals surface area contributed by atoms with Crippen LogP contribution in [0, 0.1) is 11.6 Å². The van der Waals surface area contributed by atoms with E-state index in [1.165, 1.54) is 56.7 Å². The highest BCUT2D eigenvalue weighted by atomic mass is 19.1. The minimum absolute atomic E-state index is 0.0310. The van der Waals surface area contributed by atoms with Gasteiger partial charge in [-0.2, -0.15) is 0 Å². The van der Waals surface area contributed by atoms with Crippen LogP contribution in [0.2, 0.25) is 0 Å². The maximum Gasteiger partial charge on any atom is 0.410 e. The summed E-state index contributed by atoms with van der Waals surface area (Å²) in [4.78, 5) is 77.1. The fraction of sp³-hybridized carbons (Fsp3) is 0.489. The number of aromatic nitrogens is 4. The van der Waals surface area contributed by atoms with Crippen LogP contribution in [-0.4, -0.2) is 154 Å². The minimum atomic E-state index is -1.01. The van der Waals surface area contributed by atoms with E-state index in [0.29, 0.717) is 24.5 Å². The lowest BCUT2D eigenvalue weighted by Crippen LogP contribution is -2.60. The van der Waals surface area contributed by atoms with E-state index in [0.717, 1.165) is 11.1 Å². The largest absolute Gasteiger partial charge is 0.468 e. The zero-order chi connectivity index (χ0) is 48.3. The van der Waals surface area contributed by atoms with E-state index in [1.807, 2.05) is 13.8 Å². The van der Waals surface area contributed by atoms with E-state index < -0.39 is 66.5 Å². The molecule has 4 unspecified atom stereocenters. The van der Waals surface area contributed by atoms with Gasteiger partial charge < -0.3 is 48.1 Å². The van der Waals surface area contributed by atoms with Crippen LogP contribution >= 0.6 is 0 Å². The molecule has 2 aromatic carbocycles. The molecule has 19 nitrogen and oxygen atoms in total. The Morgan fingerprint density at radius 3 is 1.65 bits per heavy atom. The Balaban J connectivity index is 0.000000251. The third-order valence-corrected chi connectivity index (χ3v) is 11.3. The highest BCUT2D eigenvalue weighted by Gasteiger charge is 2.45. The molecule has 2 fully saturated rings. The topological polar surface area (TPSA) is 209 Å². The van der Waals surface area contributed by atoms with Crippen LogP contribution in [0.1, 0.15) is 81.3 Å². The van der Waals surface area contributed by atoms with Gasteiger partial charge in [0, 0.05) is 32.7 Å². The number of rotatable bonds is 13. The maximum absolute atomic E-state index is 13.5. The maximum atomic E-state index is 13.5. The lowest BCUT2D eigenvalue weighted by atomic mass is 10.0. The van der Waals surface area contributed by atoms with Crippen molar-refractivity contribution in [1.29, 1.82) is 0 Å². The fourth-order valence-corrected chi connectivity index (χ4v) is 7.93. The SMILES string of the molecule is COC(=O)C(c1cncn1[C@H](C)c1ccc(F)cc1)N1CCNCC1C(=O)OCO.COC(=O)C1CN(C(=O)OC(C)(C)C)CCN1C(C(=O)OC)c1cncn1[C@H](C)c1ccc(F)cc1. The number of hydrogen-bond acceptors (Lipinski definition) is 16. The van der Waals surface area contributed by atoms with Crippen molar-refractivity contribution in [3.63, 3.8) is 0 Å². The third-order valence-electron chi connectivity index (χ3n) is 11.3. The quantitative estimate of drug-likeness (QED) is 0.112. The smallest absolute Gasteiger partial charge is 0.410 e.